The van der Waals surface area contributed by atoms with Gasteiger partial charge in [-0.05, 0) is 12.8 Å². The van der Waals surface area contributed by atoms with Gasteiger partial charge in [0.1, 0.15) is 6.61 Å². The number of hydrogen-bond acceptors (Lipinski definition) is 3. The molecule has 80 valence electrons. The van der Waals surface area contributed by atoms with E-state index in [1.54, 1.807) is 4.90 Å². The standard InChI is InChI=1S/C10H17NO3/c1-7(2)10(8(3)12)11-4-5-14-6-9(11)13/h7,10H,4-6H2,1-3H3. The third-order valence-corrected chi connectivity index (χ3v) is 2.41. The van der Waals surface area contributed by atoms with Crippen molar-refractivity contribution in [2.45, 2.75) is 26.8 Å². The molecule has 0 spiro atoms. The molecule has 1 unspecified atom stereocenters. The van der Waals surface area contributed by atoms with Crippen molar-refractivity contribution in [1.82, 2.24) is 4.90 Å². The molecule has 1 fully saturated rings. The van der Waals surface area contributed by atoms with Crippen molar-refractivity contribution in [3.05, 3.63) is 0 Å². The Labute approximate surface area is 84.2 Å². The molecule has 14 heavy (non-hydrogen) atoms. The van der Waals surface area contributed by atoms with Crippen molar-refractivity contribution in [3.63, 3.8) is 0 Å². The number of hydrogen-bond donors (Lipinski definition) is 0. The fourth-order valence-electron chi connectivity index (χ4n) is 1.87. The van der Waals surface area contributed by atoms with Crippen LogP contribution in [0, 0.1) is 5.92 Å². The summed E-state index contributed by atoms with van der Waals surface area (Å²) in [7, 11) is 0. The van der Waals surface area contributed by atoms with Gasteiger partial charge in [-0.25, -0.2) is 0 Å². The number of ether oxygens (including phenoxy) is 1. The van der Waals surface area contributed by atoms with E-state index in [0.717, 1.165) is 0 Å². The highest BCUT2D eigenvalue weighted by molar-refractivity contribution is 5.88. The van der Waals surface area contributed by atoms with Crippen LogP contribution in [0.4, 0.5) is 0 Å². The van der Waals surface area contributed by atoms with E-state index in [1.165, 1.54) is 6.92 Å². The van der Waals surface area contributed by atoms with Gasteiger partial charge in [0.15, 0.2) is 5.78 Å². The molecule has 1 heterocycles. The minimum Gasteiger partial charge on any atom is -0.370 e. The van der Waals surface area contributed by atoms with Crippen LogP contribution in [0.3, 0.4) is 0 Å². The van der Waals surface area contributed by atoms with Crippen LogP contribution in [0.5, 0.6) is 0 Å². The summed E-state index contributed by atoms with van der Waals surface area (Å²) >= 11 is 0. The van der Waals surface area contributed by atoms with E-state index in [0.29, 0.717) is 13.2 Å². The van der Waals surface area contributed by atoms with Crippen LogP contribution in [0.25, 0.3) is 0 Å². The Morgan fingerprint density at radius 3 is 2.57 bits per heavy atom. The van der Waals surface area contributed by atoms with Gasteiger partial charge >= 0.3 is 0 Å². The number of carbonyl (C=O) groups excluding carboxylic acids is 2. The zero-order valence-corrected chi connectivity index (χ0v) is 8.95. The highest BCUT2D eigenvalue weighted by Crippen LogP contribution is 2.14. The van der Waals surface area contributed by atoms with E-state index in [1.807, 2.05) is 13.8 Å². The van der Waals surface area contributed by atoms with Crippen LogP contribution in [-0.2, 0) is 14.3 Å². The largest absolute Gasteiger partial charge is 0.370 e. The summed E-state index contributed by atoms with van der Waals surface area (Å²) in [5.41, 5.74) is 0. The summed E-state index contributed by atoms with van der Waals surface area (Å²) in [5.74, 6) is 0.134. The number of Topliss-reactive ketones (excluding diaryl/α,β-unsaturated/α-hetero) is 1. The van der Waals surface area contributed by atoms with Crippen LogP contribution in [0.2, 0.25) is 0 Å². The van der Waals surface area contributed by atoms with Crippen molar-refractivity contribution in [1.29, 1.82) is 0 Å². The number of nitrogens with zero attached hydrogens (tertiary/aromatic N) is 1. The smallest absolute Gasteiger partial charge is 0.249 e. The Morgan fingerprint density at radius 1 is 1.50 bits per heavy atom. The van der Waals surface area contributed by atoms with E-state index < -0.39 is 0 Å². The molecule has 1 atom stereocenters. The van der Waals surface area contributed by atoms with Crippen molar-refractivity contribution >= 4 is 11.7 Å². The molecule has 1 aliphatic rings. The molecule has 1 amide bonds. The van der Waals surface area contributed by atoms with Gasteiger partial charge in [0.25, 0.3) is 0 Å². The second-order valence-corrected chi connectivity index (χ2v) is 3.94. The third kappa shape index (κ3) is 2.32. The monoisotopic (exact) mass is 199 g/mol. The maximum atomic E-state index is 11.5. The van der Waals surface area contributed by atoms with Gasteiger partial charge in [0.2, 0.25) is 5.91 Å². The number of rotatable bonds is 3. The van der Waals surface area contributed by atoms with Gasteiger partial charge in [0.05, 0.1) is 12.6 Å². The molecule has 0 aliphatic carbocycles. The van der Waals surface area contributed by atoms with Gasteiger partial charge in [-0.3, -0.25) is 9.59 Å². The first-order valence-electron chi connectivity index (χ1n) is 4.91. The normalized spacial score (nSPS) is 20.0. The Kier molecular flexibility index (Phi) is 3.63. The van der Waals surface area contributed by atoms with Gasteiger partial charge in [-0.2, -0.15) is 0 Å². The first-order chi connectivity index (χ1) is 6.54. The maximum absolute atomic E-state index is 11.5. The topological polar surface area (TPSA) is 46.6 Å². The first kappa shape index (κ1) is 11.2. The fourth-order valence-corrected chi connectivity index (χ4v) is 1.87. The van der Waals surface area contributed by atoms with Gasteiger partial charge in [0, 0.05) is 6.54 Å². The Hall–Kier alpha value is -0.900. The van der Waals surface area contributed by atoms with E-state index in [2.05, 4.69) is 0 Å². The summed E-state index contributed by atoms with van der Waals surface area (Å²) in [6.07, 6.45) is 0. The predicted molar refractivity (Wildman–Crippen MR) is 51.8 cm³/mol. The fraction of sp³-hybridized carbons (Fsp3) is 0.800. The molecule has 0 aromatic carbocycles. The molecule has 1 aliphatic heterocycles. The lowest BCUT2D eigenvalue weighted by Gasteiger charge is -2.35. The van der Waals surface area contributed by atoms with Crippen LogP contribution in [0.1, 0.15) is 20.8 Å². The molecule has 1 saturated heterocycles. The van der Waals surface area contributed by atoms with Crippen LogP contribution >= 0.6 is 0 Å². The van der Waals surface area contributed by atoms with E-state index >= 15 is 0 Å². The number of carbonyl (C=O) groups is 2. The summed E-state index contributed by atoms with van der Waals surface area (Å²) in [5, 5.41) is 0. The van der Waals surface area contributed by atoms with Gasteiger partial charge in [-0.1, -0.05) is 13.8 Å². The Morgan fingerprint density at radius 2 is 2.14 bits per heavy atom. The average Bonchev–Trinajstić information content (AvgIpc) is 2.07. The quantitative estimate of drug-likeness (QED) is 0.663. The lowest BCUT2D eigenvalue weighted by molar-refractivity contribution is -0.151. The van der Waals surface area contributed by atoms with Crippen LogP contribution < -0.4 is 0 Å². The van der Waals surface area contributed by atoms with Crippen LogP contribution in [0.15, 0.2) is 0 Å². The van der Waals surface area contributed by atoms with Crippen molar-refractivity contribution in [3.8, 4) is 0 Å². The van der Waals surface area contributed by atoms with E-state index in [-0.39, 0.29) is 30.3 Å². The first-order valence-corrected chi connectivity index (χ1v) is 4.91. The Balaban J connectivity index is 2.75. The van der Waals surface area contributed by atoms with Crippen molar-refractivity contribution in [2.75, 3.05) is 19.8 Å². The molecule has 1 rings (SSSR count). The lowest BCUT2D eigenvalue weighted by atomic mass is 9.98. The molecule has 4 heteroatoms. The minimum absolute atomic E-state index is 0.0512. The number of amides is 1. The molecule has 0 aromatic rings. The van der Waals surface area contributed by atoms with Crippen molar-refractivity contribution < 1.29 is 14.3 Å². The predicted octanol–water partition coefficient (Wildman–Crippen LogP) is 0.459. The lowest BCUT2D eigenvalue weighted by Crippen LogP contribution is -2.52. The second kappa shape index (κ2) is 4.55. The number of ketones is 1. The zero-order valence-electron chi connectivity index (χ0n) is 8.95. The molecule has 0 aromatic heterocycles. The summed E-state index contributed by atoms with van der Waals surface area (Å²) < 4.78 is 5.02. The van der Waals surface area contributed by atoms with Gasteiger partial charge in [-0.15, -0.1) is 0 Å². The summed E-state index contributed by atoms with van der Waals surface area (Å²) in [4.78, 5) is 24.5. The molecular formula is C10H17NO3. The summed E-state index contributed by atoms with van der Waals surface area (Å²) in [6, 6.07) is -0.286. The highest BCUT2D eigenvalue weighted by atomic mass is 16.5. The molecule has 0 bridgehead atoms. The maximum Gasteiger partial charge on any atom is 0.249 e. The molecular weight excluding hydrogens is 182 g/mol. The molecule has 4 nitrogen and oxygen atoms in total. The molecule has 0 radical (unpaired) electrons. The summed E-state index contributed by atoms with van der Waals surface area (Å²) in [6.45, 7) is 6.61. The van der Waals surface area contributed by atoms with Gasteiger partial charge < -0.3 is 9.64 Å². The SMILES string of the molecule is CC(=O)C(C(C)C)N1CCOCC1=O. The zero-order chi connectivity index (χ0) is 10.7. The average molecular weight is 199 g/mol. The molecule has 0 N–H and O–H groups in total. The highest BCUT2D eigenvalue weighted by Gasteiger charge is 2.31. The van der Waals surface area contributed by atoms with Crippen LogP contribution in [-0.4, -0.2) is 42.4 Å². The van der Waals surface area contributed by atoms with E-state index in [4.69, 9.17) is 4.74 Å². The third-order valence-electron chi connectivity index (χ3n) is 2.41. The number of morpholine rings is 1. The second-order valence-electron chi connectivity index (χ2n) is 3.94. The molecule has 0 saturated carbocycles. The minimum atomic E-state index is -0.286. The Bertz CT molecular complexity index is 238. The van der Waals surface area contributed by atoms with E-state index in [9.17, 15) is 9.59 Å². The van der Waals surface area contributed by atoms with Crippen molar-refractivity contribution in [2.24, 2.45) is 5.92 Å².